The maximum absolute atomic E-state index is 9.39. The molecule has 0 aromatic carbocycles. The number of rotatable bonds is 3. The van der Waals surface area contributed by atoms with Crippen molar-refractivity contribution in [3.8, 4) is 6.07 Å². The van der Waals surface area contributed by atoms with Crippen molar-refractivity contribution in [2.75, 3.05) is 0 Å². The van der Waals surface area contributed by atoms with Crippen LogP contribution in [0.2, 0.25) is 0 Å². The molecular formula is C9H10N2O3. The van der Waals surface area contributed by atoms with Crippen LogP contribution in [0.3, 0.4) is 0 Å². The summed E-state index contributed by atoms with van der Waals surface area (Å²) in [6.07, 6.45) is -1.45. The highest BCUT2D eigenvalue weighted by atomic mass is 16.3. The fourth-order valence-electron chi connectivity index (χ4n) is 0.987. The minimum Gasteiger partial charge on any atom is -0.392 e. The average Bonchev–Trinajstić information content (AvgIpc) is 2.27. The van der Waals surface area contributed by atoms with E-state index < -0.39 is 12.2 Å². The molecule has 1 aromatic heterocycles. The van der Waals surface area contributed by atoms with Crippen LogP contribution in [-0.2, 0) is 6.61 Å². The van der Waals surface area contributed by atoms with Gasteiger partial charge in [0.1, 0.15) is 6.10 Å². The quantitative estimate of drug-likeness (QED) is 0.563. The molecule has 0 bridgehead atoms. The molecule has 74 valence electrons. The average molecular weight is 194 g/mol. The smallest absolute Gasteiger partial charge is 0.171 e. The highest BCUT2D eigenvalue weighted by Crippen LogP contribution is 2.15. The van der Waals surface area contributed by atoms with Crippen LogP contribution in [-0.4, -0.2) is 26.4 Å². The van der Waals surface area contributed by atoms with E-state index in [-0.39, 0.29) is 12.3 Å². The van der Waals surface area contributed by atoms with Gasteiger partial charge in [0.2, 0.25) is 0 Å². The van der Waals surface area contributed by atoms with Gasteiger partial charge < -0.3 is 15.3 Å². The molecule has 14 heavy (non-hydrogen) atoms. The first-order chi connectivity index (χ1) is 6.69. The van der Waals surface area contributed by atoms with E-state index in [2.05, 4.69) is 4.98 Å². The molecule has 1 aromatic rings. The fraction of sp³-hybridized carbons (Fsp3) is 0.333. The molecule has 0 amide bonds. The molecule has 0 fully saturated rings. The predicted molar refractivity (Wildman–Crippen MR) is 46.7 cm³/mol. The van der Waals surface area contributed by atoms with E-state index in [4.69, 9.17) is 15.5 Å². The van der Waals surface area contributed by atoms with Crippen molar-refractivity contribution < 1.29 is 15.3 Å². The Kier molecular flexibility index (Phi) is 3.54. The van der Waals surface area contributed by atoms with Gasteiger partial charge in [-0.2, -0.15) is 5.26 Å². The summed E-state index contributed by atoms with van der Waals surface area (Å²) in [7, 11) is 0. The lowest BCUT2D eigenvalue weighted by Crippen LogP contribution is -2.17. The number of nitrogens with zero attached hydrogens (tertiary/aromatic N) is 2. The van der Waals surface area contributed by atoms with E-state index in [0.717, 1.165) is 0 Å². The van der Waals surface area contributed by atoms with Gasteiger partial charge in [-0.05, 0) is 17.7 Å². The molecule has 1 rings (SSSR count). The van der Waals surface area contributed by atoms with Crippen LogP contribution in [0.4, 0.5) is 0 Å². The Bertz CT molecular complexity index is 348. The summed E-state index contributed by atoms with van der Waals surface area (Å²) < 4.78 is 0. The summed E-state index contributed by atoms with van der Waals surface area (Å²) in [5.74, 6) is 0. The number of hydrogen-bond donors (Lipinski definition) is 3. The molecule has 0 aliphatic carbocycles. The second kappa shape index (κ2) is 4.67. The lowest BCUT2D eigenvalue weighted by Gasteiger charge is -2.11. The second-order valence-corrected chi connectivity index (χ2v) is 2.77. The molecule has 5 heteroatoms. The van der Waals surface area contributed by atoms with Gasteiger partial charge in [-0.25, -0.2) is 0 Å². The summed E-state index contributed by atoms with van der Waals surface area (Å²) in [6.45, 7) is -0.176. The van der Waals surface area contributed by atoms with E-state index in [1.54, 1.807) is 6.07 Å². The monoisotopic (exact) mass is 194 g/mol. The van der Waals surface area contributed by atoms with Gasteiger partial charge >= 0.3 is 0 Å². The maximum atomic E-state index is 9.39. The normalized spacial score (nSPS) is 14.4. The lowest BCUT2D eigenvalue weighted by molar-refractivity contribution is 0.0497. The third-order valence-electron chi connectivity index (χ3n) is 1.76. The Hall–Kier alpha value is -1.48. The van der Waals surface area contributed by atoms with Crippen LogP contribution >= 0.6 is 0 Å². The van der Waals surface area contributed by atoms with E-state index in [1.807, 2.05) is 0 Å². The Morgan fingerprint density at radius 1 is 1.50 bits per heavy atom. The van der Waals surface area contributed by atoms with Crippen molar-refractivity contribution in [3.05, 3.63) is 29.6 Å². The number of pyridine rings is 1. The standard InChI is InChI=1S/C9H10N2O3/c10-4-8(13)9(14)7-3-6(5-12)1-2-11-7/h1-3,8-9,12-14H,5H2. The third-order valence-corrected chi connectivity index (χ3v) is 1.76. The summed E-state index contributed by atoms with van der Waals surface area (Å²) in [6, 6.07) is 4.52. The first-order valence-corrected chi connectivity index (χ1v) is 4.00. The molecule has 1 heterocycles. The molecule has 0 radical (unpaired) electrons. The number of aromatic nitrogens is 1. The third kappa shape index (κ3) is 2.26. The Morgan fingerprint density at radius 3 is 2.79 bits per heavy atom. The van der Waals surface area contributed by atoms with E-state index in [1.165, 1.54) is 18.3 Å². The van der Waals surface area contributed by atoms with Crippen LogP contribution < -0.4 is 0 Å². The Balaban J connectivity index is 2.90. The molecule has 0 aliphatic heterocycles. The van der Waals surface area contributed by atoms with Crippen molar-refractivity contribution in [1.82, 2.24) is 4.98 Å². The van der Waals surface area contributed by atoms with Crippen LogP contribution in [0.1, 0.15) is 17.4 Å². The van der Waals surface area contributed by atoms with E-state index in [0.29, 0.717) is 5.56 Å². The van der Waals surface area contributed by atoms with Crippen LogP contribution in [0.5, 0.6) is 0 Å². The van der Waals surface area contributed by atoms with Gasteiger partial charge in [-0.1, -0.05) is 0 Å². The zero-order valence-corrected chi connectivity index (χ0v) is 7.33. The van der Waals surface area contributed by atoms with E-state index in [9.17, 15) is 5.11 Å². The van der Waals surface area contributed by atoms with Gasteiger partial charge in [-0.3, -0.25) is 4.98 Å². The van der Waals surface area contributed by atoms with Crippen LogP contribution in [0.15, 0.2) is 18.3 Å². The minimum absolute atomic E-state index is 0.172. The number of aliphatic hydroxyl groups excluding tert-OH is 3. The first-order valence-electron chi connectivity index (χ1n) is 4.00. The SMILES string of the molecule is N#CC(O)C(O)c1cc(CO)ccn1. The number of nitriles is 1. The minimum atomic E-state index is -1.50. The lowest BCUT2D eigenvalue weighted by atomic mass is 10.1. The van der Waals surface area contributed by atoms with Gasteiger partial charge in [0.25, 0.3) is 0 Å². The summed E-state index contributed by atoms with van der Waals surface area (Å²) in [5.41, 5.74) is 0.741. The van der Waals surface area contributed by atoms with Gasteiger partial charge in [-0.15, -0.1) is 0 Å². The highest BCUT2D eigenvalue weighted by molar-refractivity contribution is 5.19. The molecular weight excluding hydrogens is 184 g/mol. The summed E-state index contributed by atoms with van der Waals surface area (Å²) >= 11 is 0. The molecule has 0 saturated heterocycles. The van der Waals surface area contributed by atoms with Crippen molar-refractivity contribution in [1.29, 1.82) is 5.26 Å². The van der Waals surface area contributed by atoms with Gasteiger partial charge in [0, 0.05) is 6.20 Å². The fourth-order valence-corrected chi connectivity index (χ4v) is 0.987. The van der Waals surface area contributed by atoms with Crippen molar-refractivity contribution in [2.45, 2.75) is 18.8 Å². The molecule has 0 aliphatic rings. The van der Waals surface area contributed by atoms with Crippen molar-refractivity contribution in [2.24, 2.45) is 0 Å². The number of hydrogen-bond acceptors (Lipinski definition) is 5. The summed E-state index contributed by atoms with van der Waals surface area (Å²) in [5, 5.41) is 35.6. The predicted octanol–water partition coefficient (Wildman–Crippen LogP) is -0.508. The zero-order valence-electron chi connectivity index (χ0n) is 7.33. The molecule has 2 unspecified atom stereocenters. The second-order valence-electron chi connectivity index (χ2n) is 2.77. The molecule has 0 saturated carbocycles. The zero-order chi connectivity index (χ0) is 10.6. The summed E-state index contributed by atoms with van der Waals surface area (Å²) in [4.78, 5) is 3.78. The van der Waals surface area contributed by atoms with Gasteiger partial charge in [0.05, 0.1) is 18.4 Å². The molecule has 0 spiro atoms. The van der Waals surface area contributed by atoms with Crippen molar-refractivity contribution >= 4 is 0 Å². The molecule has 2 atom stereocenters. The largest absolute Gasteiger partial charge is 0.392 e. The topological polar surface area (TPSA) is 97.4 Å². The first kappa shape index (κ1) is 10.6. The number of aliphatic hydroxyl groups is 3. The Morgan fingerprint density at radius 2 is 2.21 bits per heavy atom. The highest BCUT2D eigenvalue weighted by Gasteiger charge is 2.18. The molecule has 5 nitrogen and oxygen atoms in total. The van der Waals surface area contributed by atoms with E-state index >= 15 is 0 Å². The van der Waals surface area contributed by atoms with Crippen LogP contribution in [0, 0.1) is 11.3 Å². The Labute approximate surface area is 80.9 Å². The van der Waals surface area contributed by atoms with Crippen molar-refractivity contribution in [3.63, 3.8) is 0 Å². The molecule has 3 N–H and O–H groups in total. The van der Waals surface area contributed by atoms with Crippen LogP contribution in [0.25, 0.3) is 0 Å². The van der Waals surface area contributed by atoms with Gasteiger partial charge in [0.15, 0.2) is 6.10 Å². The maximum Gasteiger partial charge on any atom is 0.171 e.